The third-order valence-electron chi connectivity index (χ3n) is 6.85. The number of aromatic nitrogens is 2. The van der Waals surface area contributed by atoms with Gasteiger partial charge < -0.3 is 14.6 Å². The van der Waals surface area contributed by atoms with Gasteiger partial charge in [0.2, 0.25) is 5.91 Å². The third-order valence-corrected chi connectivity index (χ3v) is 6.85. The van der Waals surface area contributed by atoms with E-state index in [-0.39, 0.29) is 18.4 Å². The third kappa shape index (κ3) is 4.14. The van der Waals surface area contributed by atoms with Gasteiger partial charge in [0.1, 0.15) is 16.9 Å². The molecule has 3 heterocycles. The lowest BCUT2D eigenvalue weighted by Gasteiger charge is -2.43. The van der Waals surface area contributed by atoms with Crippen molar-refractivity contribution in [1.29, 1.82) is 0 Å². The van der Waals surface area contributed by atoms with Crippen molar-refractivity contribution in [3.63, 3.8) is 0 Å². The molecule has 178 valence electrons. The van der Waals surface area contributed by atoms with Crippen LogP contribution >= 0.6 is 0 Å². The molecular formula is C28H28N4O3. The number of nitrogens with zero attached hydrogens (tertiary/aromatic N) is 3. The SMILES string of the molecule is Cc1ccccc1CNC(=O)[C@@]1(C)Cn2nc(-c3ccco3)cc2C(=O)N1Cc1ccccc1C. The lowest BCUT2D eigenvalue weighted by Crippen LogP contribution is -2.63. The van der Waals surface area contributed by atoms with Gasteiger partial charge in [0, 0.05) is 19.2 Å². The van der Waals surface area contributed by atoms with Crippen LogP contribution < -0.4 is 5.32 Å². The van der Waals surface area contributed by atoms with Gasteiger partial charge in [-0.3, -0.25) is 14.3 Å². The first-order chi connectivity index (χ1) is 16.9. The predicted molar refractivity (Wildman–Crippen MR) is 132 cm³/mol. The van der Waals surface area contributed by atoms with Gasteiger partial charge in [-0.1, -0.05) is 48.5 Å². The van der Waals surface area contributed by atoms with Crippen molar-refractivity contribution in [2.24, 2.45) is 0 Å². The summed E-state index contributed by atoms with van der Waals surface area (Å²) in [6, 6.07) is 21.2. The smallest absolute Gasteiger partial charge is 0.273 e. The molecule has 2 aromatic heterocycles. The maximum absolute atomic E-state index is 13.8. The molecule has 1 N–H and O–H groups in total. The summed E-state index contributed by atoms with van der Waals surface area (Å²) in [6.07, 6.45) is 1.57. The summed E-state index contributed by atoms with van der Waals surface area (Å²) in [5.74, 6) is 0.123. The van der Waals surface area contributed by atoms with Gasteiger partial charge in [0.15, 0.2) is 5.76 Å². The molecule has 0 radical (unpaired) electrons. The molecule has 35 heavy (non-hydrogen) atoms. The summed E-state index contributed by atoms with van der Waals surface area (Å²) in [4.78, 5) is 29.2. The quantitative estimate of drug-likeness (QED) is 0.452. The van der Waals surface area contributed by atoms with E-state index in [9.17, 15) is 9.59 Å². The van der Waals surface area contributed by atoms with Crippen molar-refractivity contribution in [3.05, 3.63) is 101 Å². The number of carbonyl (C=O) groups is 2. The average Bonchev–Trinajstić information content (AvgIpc) is 3.52. The lowest BCUT2D eigenvalue weighted by molar-refractivity contribution is -0.133. The number of furan rings is 1. The Morgan fingerprint density at radius 3 is 2.37 bits per heavy atom. The van der Waals surface area contributed by atoms with Gasteiger partial charge in [0.05, 0.1) is 12.8 Å². The van der Waals surface area contributed by atoms with Crippen LogP contribution in [0.25, 0.3) is 11.5 Å². The van der Waals surface area contributed by atoms with Gasteiger partial charge in [-0.05, 0) is 55.2 Å². The summed E-state index contributed by atoms with van der Waals surface area (Å²) in [7, 11) is 0. The fraction of sp³-hybridized carbons (Fsp3) is 0.250. The summed E-state index contributed by atoms with van der Waals surface area (Å²) in [5, 5.41) is 7.68. The topological polar surface area (TPSA) is 80.4 Å². The molecule has 0 saturated carbocycles. The number of amides is 2. The van der Waals surface area contributed by atoms with E-state index in [0.717, 1.165) is 22.3 Å². The second-order valence-corrected chi connectivity index (χ2v) is 9.25. The highest BCUT2D eigenvalue weighted by atomic mass is 16.3. The largest absolute Gasteiger partial charge is 0.463 e. The summed E-state index contributed by atoms with van der Waals surface area (Å²) in [5.41, 5.74) is 4.08. The van der Waals surface area contributed by atoms with Gasteiger partial charge in [-0.2, -0.15) is 5.10 Å². The number of rotatable bonds is 6. The highest BCUT2D eigenvalue weighted by Gasteiger charge is 2.48. The predicted octanol–water partition coefficient (Wildman–Crippen LogP) is 4.49. The fourth-order valence-electron chi connectivity index (χ4n) is 4.57. The van der Waals surface area contributed by atoms with Crippen molar-refractivity contribution >= 4 is 11.8 Å². The number of carbonyl (C=O) groups excluding carboxylic acids is 2. The molecule has 1 atom stereocenters. The van der Waals surface area contributed by atoms with Crippen LogP contribution in [0.4, 0.5) is 0 Å². The molecule has 7 heteroatoms. The molecule has 2 amide bonds. The Morgan fingerprint density at radius 2 is 1.71 bits per heavy atom. The van der Waals surface area contributed by atoms with E-state index < -0.39 is 5.54 Å². The second kappa shape index (κ2) is 8.91. The number of benzene rings is 2. The molecule has 0 unspecified atom stereocenters. The Kier molecular flexibility index (Phi) is 5.76. The highest BCUT2D eigenvalue weighted by Crippen LogP contribution is 2.32. The Bertz CT molecular complexity index is 1390. The molecule has 0 saturated heterocycles. The van der Waals surface area contributed by atoms with Crippen LogP contribution in [-0.4, -0.2) is 32.0 Å². The van der Waals surface area contributed by atoms with E-state index in [2.05, 4.69) is 10.4 Å². The van der Waals surface area contributed by atoms with Crippen molar-refractivity contribution in [2.75, 3.05) is 0 Å². The van der Waals surface area contributed by atoms with E-state index in [0.29, 0.717) is 30.2 Å². The molecule has 2 aromatic carbocycles. The molecule has 5 rings (SSSR count). The minimum absolute atomic E-state index is 0.219. The Hall–Kier alpha value is -4.13. The summed E-state index contributed by atoms with van der Waals surface area (Å²) in [6.45, 7) is 6.79. The molecule has 1 aliphatic heterocycles. The van der Waals surface area contributed by atoms with Gasteiger partial charge >= 0.3 is 0 Å². The maximum atomic E-state index is 13.8. The normalized spacial score (nSPS) is 17.3. The van der Waals surface area contributed by atoms with Crippen LogP contribution in [0.15, 0.2) is 77.4 Å². The zero-order chi connectivity index (χ0) is 24.6. The standard InChI is InChI=1S/C28H28N4O3/c1-19-9-4-6-11-21(19)16-29-27(34)28(3)18-32-24(15-23(30-32)25-13-8-14-35-25)26(33)31(28)17-22-12-7-5-10-20(22)2/h4-15H,16-18H2,1-3H3,(H,29,34)/t28-/m1/s1. The first-order valence-electron chi connectivity index (χ1n) is 11.7. The van der Waals surface area contributed by atoms with Gasteiger partial charge in [-0.25, -0.2) is 0 Å². The molecule has 1 aliphatic rings. The molecule has 0 bridgehead atoms. The fourth-order valence-corrected chi connectivity index (χ4v) is 4.57. The Labute approximate surface area is 204 Å². The lowest BCUT2D eigenvalue weighted by atomic mass is 9.93. The Balaban J connectivity index is 1.51. The van der Waals surface area contributed by atoms with E-state index in [4.69, 9.17) is 4.42 Å². The first-order valence-corrected chi connectivity index (χ1v) is 11.7. The molecule has 4 aromatic rings. The van der Waals surface area contributed by atoms with E-state index in [1.807, 2.05) is 69.3 Å². The van der Waals surface area contributed by atoms with Crippen LogP contribution in [0.5, 0.6) is 0 Å². The Morgan fingerprint density at radius 1 is 1.03 bits per heavy atom. The van der Waals surface area contributed by atoms with Crippen LogP contribution in [0, 0.1) is 13.8 Å². The van der Waals surface area contributed by atoms with E-state index in [1.54, 1.807) is 34.0 Å². The van der Waals surface area contributed by atoms with Crippen molar-refractivity contribution in [3.8, 4) is 11.5 Å². The number of aryl methyl sites for hydroxylation is 2. The molecule has 0 aliphatic carbocycles. The zero-order valence-electron chi connectivity index (χ0n) is 20.1. The zero-order valence-corrected chi connectivity index (χ0v) is 20.1. The molecule has 0 fully saturated rings. The number of hydrogen-bond donors (Lipinski definition) is 1. The number of fused-ring (bicyclic) bond motifs is 1. The maximum Gasteiger partial charge on any atom is 0.273 e. The number of hydrogen-bond acceptors (Lipinski definition) is 4. The van der Waals surface area contributed by atoms with Crippen molar-refractivity contribution in [1.82, 2.24) is 20.0 Å². The van der Waals surface area contributed by atoms with Gasteiger partial charge in [0.25, 0.3) is 5.91 Å². The van der Waals surface area contributed by atoms with Crippen LogP contribution in [0.2, 0.25) is 0 Å². The van der Waals surface area contributed by atoms with Crippen molar-refractivity contribution < 1.29 is 14.0 Å². The first kappa shape index (κ1) is 22.7. The molecular weight excluding hydrogens is 440 g/mol. The number of nitrogens with one attached hydrogen (secondary N) is 1. The summed E-state index contributed by atoms with van der Waals surface area (Å²) < 4.78 is 7.12. The van der Waals surface area contributed by atoms with Crippen LogP contribution in [0.3, 0.4) is 0 Å². The second-order valence-electron chi connectivity index (χ2n) is 9.25. The van der Waals surface area contributed by atoms with Gasteiger partial charge in [-0.15, -0.1) is 0 Å². The molecule has 0 spiro atoms. The minimum Gasteiger partial charge on any atom is -0.463 e. The molecule has 7 nitrogen and oxygen atoms in total. The highest BCUT2D eigenvalue weighted by molar-refractivity contribution is 6.00. The van der Waals surface area contributed by atoms with Crippen LogP contribution in [0.1, 0.15) is 39.7 Å². The van der Waals surface area contributed by atoms with Crippen LogP contribution in [-0.2, 0) is 24.4 Å². The van der Waals surface area contributed by atoms with E-state index >= 15 is 0 Å². The minimum atomic E-state index is -1.14. The monoisotopic (exact) mass is 468 g/mol. The summed E-state index contributed by atoms with van der Waals surface area (Å²) >= 11 is 0. The average molecular weight is 469 g/mol. The van der Waals surface area contributed by atoms with E-state index in [1.165, 1.54) is 0 Å². The van der Waals surface area contributed by atoms with Crippen molar-refractivity contribution in [2.45, 2.75) is 45.9 Å².